The van der Waals surface area contributed by atoms with Crippen molar-refractivity contribution in [3.05, 3.63) is 53.0 Å². The Balaban J connectivity index is 1.58. The monoisotopic (exact) mass is 536 g/mol. The predicted molar refractivity (Wildman–Crippen MR) is 139 cm³/mol. The Kier molecular flexibility index (Phi) is 8.30. The summed E-state index contributed by atoms with van der Waals surface area (Å²) in [5.41, 5.74) is 1.11. The van der Waals surface area contributed by atoms with Crippen molar-refractivity contribution in [3.8, 4) is 6.07 Å². The Morgan fingerprint density at radius 1 is 1.08 bits per heavy atom. The number of hydroxylamine groups is 2. The summed E-state index contributed by atoms with van der Waals surface area (Å²) in [6.45, 7) is 7.01. The van der Waals surface area contributed by atoms with Crippen LogP contribution in [0.25, 0.3) is 0 Å². The number of methoxy groups -OCH3 is 1. The van der Waals surface area contributed by atoms with Crippen LogP contribution in [0.5, 0.6) is 0 Å². The van der Waals surface area contributed by atoms with Gasteiger partial charge in [-0.25, -0.2) is 24.4 Å². The molecule has 39 heavy (non-hydrogen) atoms. The Labute approximate surface area is 227 Å². The van der Waals surface area contributed by atoms with Crippen LogP contribution in [0.1, 0.15) is 59.4 Å². The molecule has 0 radical (unpaired) electrons. The van der Waals surface area contributed by atoms with E-state index in [0.29, 0.717) is 49.7 Å². The molecule has 0 aliphatic carbocycles. The molecule has 1 amide bonds. The second kappa shape index (κ2) is 11.7. The number of nitriles is 1. The molecule has 1 atom stereocenters. The zero-order chi connectivity index (χ0) is 28.2. The number of nitrogens with zero attached hydrogens (tertiary/aromatic N) is 6. The highest BCUT2D eigenvalue weighted by atomic mass is 16.7. The van der Waals surface area contributed by atoms with E-state index in [-0.39, 0.29) is 18.8 Å². The van der Waals surface area contributed by atoms with Crippen molar-refractivity contribution in [1.82, 2.24) is 19.9 Å². The minimum absolute atomic E-state index is 0.113. The van der Waals surface area contributed by atoms with Gasteiger partial charge in [0.15, 0.2) is 0 Å². The summed E-state index contributed by atoms with van der Waals surface area (Å²) in [5, 5.41) is 11.0. The molecule has 12 nitrogen and oxygen atoms in total. The first-order chi connectivity index (χ1) is 18.6. The van der Waals surface area contributed by atoms with Gasteiger partial charge in [0.05, 0.1) is 50.0 Å². The van der Waals surface area contributed by atoms with E-state index in [0.717, 1.165) is 5.56 Å². The van der Waals surface area contributed by atoms with Crippen molar-refractivity contribution in [3.63, 3.8) is 0 Å². The largest absolute Gasteiger partial charge is 0.463 e. The molecule has 0 bridgehead atoms. The molecule has 2 aromatic rings. The highest BCUT2D eigenvalue weighted by Crippen LogP contribution is 2.30. The van der Waals surface area contributed by atoms with E-state index in [1.54, 1.807) is 49.9 Å². The van der Waals surface area contributed by atoms with Gasteiger partial charge in [-0.15, -0.1) is 5.06 Å². The van der Waals surface area contributed by atoms with E-state index >= 15 is 0 Å². The lowest BCUT2D eigenvalue weighted by Crippen LogP contribution is -2.54. The molecular formula is C27H32N6O6. The van der Waals surface area contributed by atoms with Gasteiger partial charge < -0.3 is 24.1 Å². The van der Waals surface area contributed by atoms with E-state index < -0.39 is 29.7 Å². The Hall–Kier alpha value is -4.24. The topological polar surface area (TPSA) is 138 Å². The second-order valence-corrected chi connectivity index (χ2v) is 10.3. The zero-order valence-electron chi connectivity index (χ0n) is 22.5. The van der Waals surface area contributed by atoms with Gasteiger partial charge in [-0.2, -0.15) is 5.26 Å². The molecule has 2 aliphatic heterocycles. The minimum atomic E-state index is -0.697. The first-order valence-electron chi connectivity index (χ1n) is 12.7. The number of piperazine rings is 1. The third kappa shape index (κ3) is 6.61. The maximum absolute atomic E-state index is 12.7. The number of fused-ring (bicyclic) bond motifs is 1. The zero-order valence-corrected chi connectivity index (χ0v) is 22.5. The van der Waals surface area contributed by atoms with Crippen LogP contribution in [-0.2, 0) is 27.3 Å². The van der Waals surface area contributed by atoms with Crippen molar-refractivity contribution in [2.75, 3.05) is 38.2 Å². The number of hydrogen-bond acceptors (Lipinski definition) is 11. The van der Waals surface area contributed by atoms with Crippen molar-refractivity contribution < 1.29 is 28.7 Å². The van der Waals surface area contributed by atoms with Crippen molar-refractivity contribution >= 4 is 23.8 Å². The summed E-state index contributed by atoms with van der Waals surface area (Å²) in [6, 6.07) is 10.4. The second-order valence-electron chi connectivity index (χ2n) is 10.3. The summed E-state index contributed by atoms with van der Waals surface area (Å²) in [5.74, 6) is -0.771. The highest BCUT2D eigenvalue weighted by Gasteiger charge is 2.35. The van der Waals surface area contributed by atoms with Gasteiger partial charge in [-0.1, -0.05) is 18.2 Å². The number of aromatic nitrogens is 2. The summed E-state index contributed by atoms with van der Waals surface area (Å²) >= 11 is 0. The van der Waals surface area contributed by atoms with Crippen LogP contribution in [0.3, 0.4) is 0 Å². The molecule has 12 heteroatoms. The molecule has 4 rings (SSSR count). The molecule has 0 unspecified atom stereocenters. The number of carbonyl (C=O) groups is 3. The average Bonchev–Trinajstić information content (AvgIpc) is 2.92. The molecule has 206 valence electrons. The van der Waals surface area contributed by atoms with Crippen LogP contribution in [0.4, 0.5) is 10.6 Å². The lowest BCUT2D eigenvalue weighted by atomic mass is 10.0. The first-order valence-corrected chi connectivity index (χ1v) is 12.7. The fourth-order valence-corrected chi connectivity index (χ4v) is 4.49. The van der Waals surface area contributed by atoms with E-state index in [9.17, 15) is 19.6 Å². The molecule has 0 N–H and O–H groups in total. The number of amides is 1. The van der Waals surface area contributed by atoms with Crippen LogP contribution in [0.15, 0.2) is 30.3 Å². The van der Waals surface area contributed by atoms with Crippen molar-refractivity contribution in [1.29, 1.82) is 5.26 Å². The smallest absolute Gasteiger partial charge is 0.410 e. The van der Waals surface area contributed by atoms with Gasteiger partial charge in [0.1, 0.15) is 11.4 Å². The Morgan fingerprint density at radius 3 is 2.49 bits per heavy atom. The fourth-order valence-electron chi connectivity index (χ4n) is 4.49. The molecule has 0 saturated carbocycles. The number of hydrogen-bond donors (Lipinski definition) is 0. The van der Waals surface area contributed by atoms with Crippen molar-refractivity contribution in [2.45, 2.75) is 51.8 Å². The SMILES string of the molecule is COC(=O)c1nc2c(c(N3CCN(OC(=O)c4ccccc4)[C@@H](CC#N)C3)n1)CCN(C(=O)OC(C)(C)C)C2. The molecular weight excluding hydrogens is 504 g/mol. The fraction of sp³-hybridized carbons (Fsp3) is 0.481. The summed E-state index contributed by atoms with van der Waals surface area (Å²) < 4.78 is 10.4. The van der Waals surface area contributed by atoms with Gasteiger partial charge in [-0.3, -0.25) is 0 Å². The number of esters is 1. The van der Waals surface area contributed by atoms with E-state index in [2.05, 4.69) is 16.0 Å². The number of rotatable bonds is 5. The van der Waals surface area contributed by atoms with E-state index in [1.807, 2.05) is 11.0 Å². The summed E-state index contributed by atoms with van der Waals surface area (Å²) in [7, 11) is 1.25. The van der Waals surface area contributed by atoms with Gasteiger partial charge in [-0.05, 0) is 39.3 Å². The number of ether oxygens (including phenoxy) is 2. The molecule has 0 spiro atoms. The average molecular weight is 537 g/mol. The third-order valence-corrected chi connectivity index (χ3v) is 6.33. The van der Waals surface area contributed by atoms with Crippen LogP contribution in [0, 0.1) is 11.3 Å². The normalized spacial score (nSPS) is 17.6. The van der Waals surface area contributed by atoms with Gasteiger partial charge in [0, 0.05) is 25.2 Å². The minimum Gasteiger partial charge on any atom is -0.463 e. The van der Waals surface area contributed by atoms with Crippen molar-refractivity contribution in [2.24, 2.45) is 0 Å². The summed E-state index contributed by atoms with van der Waals surface area (Å²) in [4.78, 5) is 55.9. The molecule has 1 fully saturated rings. The van der Waals surface area contributed by atoms with Crippen LogP contribution in [0.2, 0.25) is 0 Å². The molecule has 1 aromatic heterocycles. The highest BCUT2D eigenvalue weighted by molar-refractivity contribution is 5.89. The molecule has 2 aliphatic rings. The van der Waals surface area contributed by atoms with Crippen LogP contribution >= 0.6 is 0 Å². The quantitative estimate of drug-likeness (QED) is 0.521. The van der Waals surface area contributed by atoms with E-state index in [4.69, 9.17) is 14.3 Å². The van der Waals surface area contributed by atoms with Crippen LogP contribution in [-0.4, -0.2) is 82.9 Å². The standard InChI is InChI=1S/C27H32N6O6/c1-27(2,3)38-26(36)32-13-11-20-21(17-32)29-22(25(35)37-4)30-23(20)31-14-15-33(19(16-31)10-12-28)39-24(34)18-8-6-5-7-9-18/h5-9,19H,10-11,13-17H2,1-4H3/t19-/m0/s1. The number of carbonyl (C=O) groups excluding carboxylic acids is 3. The molecule has 1 saturated heterocycles. The summed E-state index contributed by atoms with van der Waals surface area (Å²) in [6.07, 6.45) is 0.107. The maximum Gasteiger partial charge on any atom is 0.410 e. The van der Waals surface area contributed by atoms with E-state index in [1.165, 1.54) is 12.2 Å². The third-order valence-electron chi connectivity index (χ3n) is 6.33. The van der Waals surface area contributed by atoms with Crippen LogP contribution < -0.4 is 4.90 Å². The Bertz CT molecular complexity index is 1270. The lowest BCUT2D eigenvalue weighted by Gasteiger charge is -2.41. The first kappa shape index (κ1) is 27.8. The number of benzene rings is 1. The maximum atomic E-state index is 12.7. The molecule has 3 heterocycles. The van der Waals surface area contributed by atoms with Gasteiger partial charge >= 0.3 is 18.0 Å². The van der Waals surface area contributed by atoms with Gasteiger partial charge in [0.25, 0.3) is 0 Å². The predicted octanol–water partition coefficient (Wildman–Crippen LogP) is 2.73. The van der Waals surface area contributed by atoms with Gasteiger partial charge in [0.2, 0.25) is 5.82 Å². The molecule has 1 aromatic carbocycles. The lowest BCUT2D eigenvalue weighted by molar-refractivity contribution is -0.140. The number of anilines is 1. The Morgan fingerprint density at radius 2 is 1.82 bits per heavy atom.